The number of carbonyl (C=O) groups excluding carboxylic acids is 1. The lowest BCUT2D eigenvalue weighted by atomic mass is 9.78. The third-order valence-corrected chi connectivity index (χ3v) is 7.62. The summed E-state index contributed by atoms with van der Waals surface area (Å²) in [6, 6.07) is 12.8. The van der Waals surface area contributed by atoms with Gasteiger partial charge >= 0.3 is 0 Å². The SMILES string of the molecule is COc1c(/C(C)=C/C(=O)N2CCCC3CCCCC32)cc2c(-c3ccccc3)coc2c1C. The van der Waals surface area contributed by atoms with Crippen molar-refractivity contribution in [2.24, 2.45) is 5.92 Å². The van der Waals surface area contributed by atoms with E-state index in [0.717, 1.165) is 63.9 Å². The van der Waals surface area contributed by atoms with Crippen molar-refractivity contribution in [1.29, 1.82) is 0 Å². The summed E-state index contributed by atoms with van der Waals surface area (Å²) in [5.74, 6) is 1.59. The number of benzene rings is 2. The molecule has 1 aliphatic carbocycles. The molecule has 4 nitrogen and oxygen atoms in total. The van der Waals surface area contributed by atoms with Crippen LogP contribution in [0.3, 0.4) is 0 Å². The number of rotatable bonds is 4. The van der Waals surface area contributed by atoms with Crippen molar-refractivity contribution in [3.63, 3.8) is 0 Å². The molecule has 1 amide bonds. The first-order valence-corrected chi connectivity index (χ1v) is 12.2. The number of carbonyl (C=O) groups is 1. The molecule has 0 bridgehead atoms. The van der Waals surface area contributed by atoms with Gasteiger partial charge < -0.3 is 14.1 Å². The van der Waals surface area contributed by atoms with Crippen molar-refractivity contribution in [3.05, 3.63) is 59.9 Å². The molecule has 2 heterocycles. The Labute approximate surface area is 196 Å². The zero-order valence-corrected chi connectivity index (χ0v) is 19.9. The number of ether oxygens (including phenoxy) is 1. The van der Waals surface area contributed by atoms with Crippen LogP contribution in [0.15, 0.2) is 53.2 Å². The standard InChI is InChI=1S/C29H33NO3/c1-19(16-27(31)30-15-9-13-22-12-7-8-14-26(22)30)23-17-24-25(21-10-5-4-6-11-21)18-33-29(24)20(2)28(23)32-3/h4-6,10-11,16-18,22,26H,7-9,12-15H2,1-3H3/b19-16+. The second kappa shape index (κ2) is 9.09. The van der Waals surface area contributed by atoms with E-state index in [0.29, 0.717) is 12.0 Å². The molecule has 2 aliphatic rings. The summed E-state index contributed by atoms with van der Waals surface area (Å²) >= 11 is 0. The quantitative estimate of drug-likeness (QED) is 0.408. The maximum absolute atomic E-state index is 13.4. The summed E-state index contributed by atoms with van der Waals surface area (Å²) in [7, 11) is 1.69. The molecule has 0 spiro atoms. The molecular formula is C29H33NO3. The molecule has 2 fully saturated rings. The smallest absolute Gasteiger partial charge is 0.247 e. The monoisotopic (exact) mass is 443 g/mol. The van der Waals surface area contributed by atoms with Gasteiger partial charge in [0.05, 0.1) is 13.4 Å². The third kappa shape index (κ3) is 3.96. The van der Waals surface area contributed by atoms with Gasteiger partial charge in [-0.2, -0.15) is 0 Å². The lowest BCUT2D eigenvalue weighted by molar-refractivity contribution is -0.132. The highest BCUT2D eigenvalue weighted by Crippen LogP contribution is 2.41. The maximum atomic E-state index is 13.4. The van der Waals surface area contributed by atoms with Gasteiger partial charge in [-0.1, -0.05) is 43.2 Å². The number of likely N-dealkylation sites (tertiary alicyclic amines) is 1. The van der Waals surface area contributed by atoms with Crippen molar-refractivity contribution >= 4 is 22.4 Å². The topological polar surface area (TPSA) is 42.7 Å². The van der Waals surface area contributed by atoms with Gasteiger partial charge in [0.25, 0.3) is 0 Å². The average molecular weight is 444 g/mol. The van der Waals surface area contributed by atoms with Crippen LogP contribution in [-0.4, -0.2) is 30.5 Å². The van der Waals surface area contributed by atoms with Crippen LogP contribution in [0, 0.1) is 12.8 Å². The average Bonchev–Trinajstić information content (AvgIpc) is 3.28. The van der Waals surface area contributed by atoms with Crippen LogP contribution in [0.1, 0.15) is 56.6 Å². The van der Waals surface area contributed by atoms with E-state index in [1.54, 1.807) is 7.11 Å². The van der Waals surface area contributed by atoms with Gasteiger partial charge in [-0.05, 0) is 62.7 Å². The highest BCUT2D eigenvalue weighted by molar-refractivity contribution is 6.01. The fraction of sp³-hybridized carbons (Fsp3) is 0.414. The minimum atomic E-state index is 0.138. The Morgan fingerprint density at radius 1 is 1.12 bits per heavy atom. The first-order chi connectivity index (χ1) is 16.1. The largest absolute Gasteiger partial charge is 0.496 e. The Balaban J connectivity index is 1.54. The number of furan rings is 1. The first kappa shape index (κ1) is 21.8. The van der Waals surface area contributed by atoms with E-state index in [2.05, 4.69) is 23.1 Å². The van der Waals surface area contributed by atoms with Crippen LogP contribution < -0.4 is 4.74 Å². The van der Waals surface area contributed by atoms with Crippen LogP contribution in [0.4, 0.5) is 0 Å². The Morgan fingerprint density at radius 3 is 2.67 bits per heavy atom. The molecule has 0 radical (unpaired) electrons. The van der Waals surface area contributed by atoms with Crippen LogP contribution in [0.25, 0.3) is 27.7 Å². The van der Waals surface area contributed by atoms with Gasteiger partial charge in [0.2, 0.25) is 5.91 Å². The maximum Gasteiger partial charge on any atom is 0.247 e. The molecule has 1 saturated carbocycles. The van der Waals surface area contributed by atoms with Gasteiger partial charge in [0, 0.05) is 40.7 Å². The molecule has 33 heavy (non-hydrogen) atoms. The lowest BCUT2D eigenvalue weighted by Crippen LogP contribution is -2.49. The van der Waals surface area contributed by atoms with Crippen molar-refractivity contribution in [2.45, 2.75) is 58.4 Å². The normalized spacial score (nSPS) is 21.2. The predicted molar refractivity (Wildman–Crippen MR) is 133 cm³/mol. The number of hydrogen-bond donors (Lipinski definition) is 0. The van der Waals surface area contributed by atoms with E-state index in [1.807, 2.05) is 44.4 Å². The van der Waals surface area contributed by atoms with E-state index < -0.39 is 0 Å². The van der Waals surface area contributed by atoms with Crippen molar-refractivity contribution in [1.82, 2.24) is 4.90 Å². The number of nitrogens with zero attached hydrogens (tertiary/aromatic N) is 1. The van der Waals surface area contributed by atoms with Crippen molar-refractivity contribution in [3.8, 4) is 16.9 Å². The Hall–Kier alpha value is -3.01. The highest BCUT2D eigenvalue weighted by atomic mass is 16.5. The zero-order chi connectivity index (χ0) is 22.9. The minimum absolute atomic E-state index is 0.138. The highest BCUT2D eigenvalue weighted by Gasteiger charge is 2.35. The minimum Gasteiger partial charge on any atom is -0.496 e. The van der Waals surface area contributed by atoms with Gasteiger partial charge in [-0.3, -0.25) is 4.79 Å². The Bertz CT molecular complexity index is 1190. The zero-order valence-electron chi connectivity index (χ0n) is 19.9. The summed E-state index contributed by atoms with van der Waals surface area (Å²) in [6.07, 6.45) is 11.0. The van der Waals surface area contributed by atoms with E-state index in [-0.39, 0.29) is 5.91 Å². The van der Waals surface area contributed by atoms with Crippen LogP contribution >= 0.6 is 0 Å². The van der Waals surface area contributed by atoms with Gasteiger partial charge in [0.1, 0.15) is 11.3 Å². The molecule has 0 N–H and O–H groups in total. The van der Waals surface area contributed by atoms with E-state index >= 15 is 0 Å². The molecule has 2 aromatic carbocycles. The van der Waals surface area contributed by atoms with Gasteiger partial charge in [-0.15, -0.1) is 0 Å². The number of methoxy groups -OCH3 is 1. The molecule has 2 atom stereocenters. The second-order valence-corrected chi connectivity index (χ2v) is 9.59. The summed E-state index contributed by atoms with van der Waals surface area (Å²) < 4.78 is 11.8. The Morgan fingerprint density at radius 2 is 1.88 bits per heavy atom. The number of piperidine rings is 1. The summed E-state index contributed by atoms with van der Waals surface area (Å²) in [5.41, 5.74) is 5.83. The molecule has 5 rings (SSSR count). The molecule has 1 aromatic heterocycles. The number of amides is 1. The number of aryl methyl sites for hydroxylation is 1. The van der Waals surface area contributed by atoms with Crippen molar-refractivity contribution in [2.75, 3.05) is 13.7 Å². The fourth-order valence-corrected chi connectivity index (χ4v) is 5.96. The molecule has 2 unspecified atom stereocenters. The van der Waals surface area contributed by atoms with E-state index in [1.165, 1.54) is 25.7 Å². The molecule has 1 saturated heterocycles. The fourth-order valence-electron chi connectivity index (χ4n) is 5.96. The summed E-state index contributed by atoms with van der Waals surface area (Å²) in [6.45, 7) is 4.92. The summed E-state index contributed by atoms with van der Waals surface area (Å²) in [5, 5.41) is 1.04. The molecule has 4 heteroatoms. The number of hydrogen-bond acceptors (Lipinski definition) is 3. The third-order valence-electron chi connectivity index (χ3n) is 7.62. The number of fused-ring (bicyclic) bond motifs is 2. The van der Waals surface area contributed by atoms with E-state index in [9.17, 15) is 4.79 Å². The molecular weight excluding hydrogens is 410 g/mol. The van der Waals surface area contributed by atoms with Crippen LogP contribution in [0.5, 0.6) is 5.75 Å². The summed E-state index contributed by atoms with van der Waals surface area (Å²) in [4.78, 5) is 15.6. The molecule has 172 valence electrons. The van der Waals surface area contributed by atoms with E-state index in [4.69, 9.17) is 9.15 Å². The van der Waals surface area contributed by atoms with Gasteiger partial charge in [0.15, 0.2) is 0 Å². The second-order valence-electron chi connectivity index (χ2n) is 9.59. The van der Waals surface area contributed by atoms with Crippen LogP contribution in [0.2, 0.25) is 0 Å². The van der Waals surface area contributed by atoms with Crippen LogP contribution in [-0.2, 0) is 4.79 Å². The number of allylic oxidation sites excluding steroid dienone is 1. The lowest BCUT2D eigenvalue weighted by Gasteiger charge is -2.43. The van der Waals surface area contributed by atoms with Gasteiger partial charge in [-0.25, -0.2) is 0 Å². The van der Waals surface area contributed by atoms with Crippen molar-refractivity contribution < 1.29 is 13.9 Å². The molecule has 1 aliphatic heterocycles. The predicted octanol–water partition coefficient (Wildman–Crippen LogP) is 7.00. The first-order valence-electron chi connectivity index (χ1n) is 12.2. The molecule has 3 aromatic rings. The Kier molecular flexibility index (Phi) is 6.01.